The molecule has 4 atom stereocenters. The van der Waals surface area contributed by atoms with Gasteiger partial charge in [0.25, 0.3) is 0 Å². The van der Waals surface area contributed by atoms with Crippen LogP contribution in [0.1, 0.15) is 32.1 Å². The third-order valence-electron chi connectivity index (χ3n) is 4.31. The highest BCUT2D eigenvalue weighted by atomic mass is 35.5. The van der Waals surface area contributed by atoms with Gasteiger partial charge in [-0.05, 0) is 38.2 Å². The first-order valence-corrected chi connectivity index (χ1v) is 8.38. The number of amides is 2. The van der Waals surface area contributed by atoms with Crippen molar-refractivity contribution in [2.45, 2.75) is 48.9 Å². The number of halogens is 2. The largest absolute Gasteiger partial charge is 0.348 e. The molecule has 1 saturated carbocycles. The summed E-state index contributed by atoms with van der Waals surface area (Å²) in [5, 5.41) is 2.71. The first-order chi connectivity index (χ1) is 10.0. The highest BCUT2D eigenvalue weighted by molar-refractivity contribution is 6.30. The number of nitrogens with one attached hydrogen (secondary N) is 1. The minimum atomic E-state index is -0.183. The van der Waals surface area contributed by atoms with Crippen molar-refractivity contribution in [3.8, 4) is 0 Å². The summed E-state index contributed by atoms with van der Waals surface area (Å²) >= 11 is 12.3. The quantitative estimate of drug-likeness (QED) is 0.636. The first-order valence-electron chi connectivity index (χ1n) is 7.51. The summed E-state index contributed by atoms with van der Waals surface area (Å²) in [6.07, 6.45) is 5.31. The van der Waals surface area contributed by atoms with Gasteiger partial charge in [0.1, 0.15) is 0 Å². The Hall–Kier alpha value is -0.740. The number of alkyl halides is 2. The Morgan fingerprint density at radius 2 is 1.95 bits per heavy atom. The minimum Gasteiger partial charge on any atom is -0.348 e. The number of rotatable bonds is 3. The molecule has 1 aliphatic carbocycles. The van der Waals surface area contributed by atoms with Gasteiger partial charge < -0.3 is 10.2 Å². The molecule has 2 rings (SSSR count). The zero-order valence-corrected chi connectivity index (χ0v) is 13.6. The smallest absolute Gasteiger partial charge is 0.243 e. The van der Waals surface area contributed by atoms with Crippen molar-refractivity contribution in [3.63, 3.8) is 0 Å². The van der Waals surface area contributed by atoms with Crippen LogP contribution in [-0.4, -0.2) is 46.6 Å². The second kappa shape index (κ2) is 7.50. The molecule has 4 nitrogen and oxygen atoms in total. The average Bonchev–Trinajstić information content (AvgIpc) is 2.49. The van der Waals surface area contributed by atoms with Gasteiger partial charge in [-0.1, -0.05) is 6.58 Å². The van der Waals surface area contributed by atoms with E-state index in [1.807, 2.05) is 4.90 Å². The van der Waals surface area contributed by atoms with Gasteiger partial charge in [0.05, 0.1) is 5.38 Å². The van der Waals surface area contributed by atoms with Crippen molar-refractivity contribution in [1.82, 2.24) is 10.2 Å². The van der Waals surface area contributed by atoms with Crippen LogP contribution in [0.2, 0.25) is 0 Å². The summed E-state index contributed by atoms with van der Waals surface area (Å²) in [5.74, 6) is -0.0594. The maximum absolute atomic E-state index is 12.6. The Labute approximate surface area is 135 Å². The molecule has 0 radical (unpaired) electrons. The maximum atomic E-state index is 12.6. The van der Waals surface area contributed by atoms with Gasteiger partial charge in [-0.2, -0.15) is 0 Å². The standard InChI is InChI=1S/C15H22Cl2N2O2/c1-2-14(20)18-11-4-3-7-19(9-11)15(21)10-5-6-12(16)13(17)8-10/h2,10-13H,1,3-9H2,(H,18,20)/t10?,11-,12?,13?/m0/s1. The lowest BCUT2D eigenvalue weighted by Crippen LogP contribution is -2.51. The molecule has 6 heteroatoms. The van der Waals surface area contributed by atoms with Gasteiger partial charge in [-0.25, -0.2) is 0 Å². The van der Waals surface area contributed by atoms with Crippen molar-refractivity contribution in [2.24, 2.45) is 5.92 Å². The zero-order chi connectivity index (χ0) is 15.4. The lowest BCUT2D eigenvalue weighted by Gasteiger charge is -2.37. The monoisotopic (exact) mass is 332 g/mol. The molecule has 2 aliphatic rings. The lowest BCUT2D eigenvalue weighted by molar-refractivity contribution is -0.138. The van der Waals surface area contributed by atoms with Gasteiger partial charge in [-0.15, -0.1) is 23.2 Å². The number of carbonyl (C=O) groups excluding carboxylic acids is 2. The molecule has 3 unspecified atom stereocenters. The number of hydrogen-bond donors (Lipinski definition) is 1. The number of carbonyl (C=O) groups is 2. The van der Waals surface area contributed by atoms with Gasteiger partial charge >= 0.3 is 0 Å². The average molecular weight is 333 g/mol. The Morgan fingerprint density at radius 3 is 2.62 bits per heavy atom. The van der Waals surface area contributed by atoms with Gasteiger partial charge in [0, 0.05) is 30.4 Å². The van der Waals surface area contributed by atoms with Gasteiger partial charge in [0.2, 0.25) is 11.8 Å². The van der Waals surface area contributed by atoms with Crippen LogP contribution in [0, 0.1) is 5.92 Å². The fourth-order valence-electron chi connectivity index (χ4n) is 3.12. The molecule has 118 valence electrons. The zero-order valence-electron chi connectivity index (χ0n) is 12.1. The van der Waals surface area contributed by atoms with E-state index in [0.29, 0.717) is 13.0 Å². The SMILES string of the molecule is C=CC(=O)N[C@H]1CCCN(C(=O)C2CCC(Cl)C(Cl)C2)C1. The Bertz CT molecular complexity index is 416. The van der Waals surface area contributed by atoms with E-state index in [1.54, 1.807) is 0 Å². The topological polar surface area (TPSA) is 49.4 Å². The van der Waals surface area contributed by atoms with Crippen LogP contribution < -0.4 is 5.32 Å². The van der Waals surface area contributed by atoms with E-state index in [4.69, 9.17) is 23.2 Å². The minimum absolute atomic E-state index is 0.0179. The summed E-state index contributed by atoms with van der Waals surface area (Å²) in [6, 6.07) is 0.0179. The fourth-order valence-corrected chi connectivity index (χ4v) is 3.69. The molecule has 2 amide bonds. The third-order valence-corrected chi connectivity index (χ3v) is 5.44. The van der Waals surface area contributed by atoms with Crippen molar-refractivity contribution in [1.29, 1.82) is 0 Å². The summed E-state index contributed by atoms with van der Waals surface area (Å²) in [7, 11) is 0. The van der Waals surface area contributed by atoms with E-state index in [-0.39, 0.29) is 34.5 Å². The molecule has 0 spiro atoms. The Balaban J connectivity index is 1.90. The van der Waals surface area contributed by atoms with Crippen molar-refractivity contribution in [2.75, 3.05) is 13.1 Å². The molecule has 21 heavy (non-hydrogen) atoms. The third kappa shape index (κ3) is 4.36. The van der Waals surface area contributed by atoms with Crippen LogP contribution in [0.15, 0.2) is 12.7 Å². The van der Waals surface area contributed by atoms with Crippen LogP contribution in [0.4, 0.5) is 0 Å². The van der Waals surface area contributed by atoms with E-state index in [9.17, 15) is 9.59 Å². The second-order valence-corrected chi connectivity index (χ2v) is 7.00. The molecule has 1 heterocycles. The van der Waals surface area contributed by atoms with Gasteiger partial charge in [-0.3, -0.25) is 9.59 Å². The summed E-state index contributed by atoms with van der Waals surface area (Å²) in [6.45, 7) is 4.78. The summed E-state index contributed by atoms with van der Waals surface area (Å²) < 4.78 is 0. The van der Waals surface area contributed by atoms with Crippen molar-refractivity contribution >= 4 is 35.0 Å². The molecule has 1 saturated heterocycles. The predicted molar refractivity (Wildman–Crippen MR) is 84.6 cm³/mol. The lowest BCUT2D eigenvalue weighted by atomic mass is 9.87. The fraction of sp³-hybridized carbons (Fsp3) is 0.733. The number of likely N-dealkylation sites (tertiary alicyclic amines) is 1. The van der Waals surface area contributed by atoms with Gasteiger partial charge in [0.15, 0.2) is 0 Å². The van der Waals surface area contributed by atoms with Crippen molar-refractivity contribution < 1.29 is 9.59 Å². The van der Waals surface area contributed by atoms with Crippen molar-refractivity contribution in [3.05, 3.63) is 12.7 Å². The van der Waals surface area contributed by atoms with E-state index >= 15 is 0 Å². The highest BCUT2D eigenvalue weighted by Crippen LogP contribution is 2.33. The molecule has 0 bridgehead atoms. The second-order valence-electron chi connectivity index (χ2n) is 5.88. The van der Waals surface area contributed by atoms with Crippen LogP contribution in [0.5, 0.6) is 0 Å². The normalized spacial score (nSPS) is 33.3. The Morgan fingerprint density at radius 1 is 1.19 bits per heavy atom. The van der Waals surface area contributed by atoms with Crippen LogP contribution >= 0.6 is 23.2 Å². The molecule has 1 aliphatic heterocycles. The summed E-state index contributed by atoms with van der Waals surface area (Å²) in [4.78, 5) is 25.8. The molecule has 0 aromatic carbocycles. The molecule has 0 aromatic heterocycles. The molecule has 2 fully saturated rings. The van der Waals surface area contributed by atoms with Crippen LogP contribution in [0.25, 0.3) is 0 Å². The van der Waals surface area contributed by atoms with E-state index in [0.717, 1.165) is 32.2 Å². The molecular formula is C15H22Cl2N2O2. The number of hydrogen-bond acceptors (Lipinski definition) is 2. The highest BCUT2D eigenvalue weighted by Gasteiger charge is 2.35. The maximum Gasteiger partial charge on any atom is 0.243 e. The number of nitrogens with zero attached hydrogens (tertiary/aromatic N) is 1. The van der Waals surface area contributed by atoms with Crippen LogP contribution in [0.3, 0.4) is 0 Å². The van der Waals surface area contributed by atoms with E-state index in [1.165, 1.54) is 6.08 Å². The number of piperidine rings is 1. The van der Waals surface area contributed by atoms with Crippen LogP contribution in [-0.2, 0) is 9.59 Å². The Kier molecular flexibility index (Phi) is 5.94. The summed E-state index contributed by atoms with van der Waals surface area (Å²) in [5.41, 5.74) is 0. The molecule has 1 N–H and O–H groups in total. The predicted octanol–water partition coefficient (Wildman–Crippen LogP) is 2.29. The first kappa shape index (κ1) is 16.6. The van der Waals surface area contributed by atoms with E-state index < -0.39 is 0 Å². The molecular weight excluding hydrogens is 311 g/mol. The molecule has 0 aromatic rings. The van der Waals surface area contributed by atoms with E-state index in [2.05, 4.69) is 11.9 Å².